The normalized spacial score (nSPS) is 12.9. The van der Waals surface area contributed by atoms with E-state index in [9.17, 15) is 4.57 Å². The quantitative estimate of drug-likeness (QED) is 0.306. The molecule has 0 amide bonds. The summed E-state index contributed by atoms with van der Waals surface area (Å²) in [6, 6.07) is 26.2. The maximum absolute atomic E-state index is 13.8. The lowest BCUT2D eigenvalue weighted by Gasteiger charge is -2.21. The van der Waals surface area contributed by atoms with Crippen LogP contribution in [0.3, 0.4) is 0 Å². The van der Waals surface area contributed by atoms with Crippen LogP contribution in [0.1, 0.15) is 16.7 Å². The molecular weight excluding hydrogens is 395 g/mol. The van der Waals surface area contributed by atoms with Gasteiger partial charge in [-0.3, -0.25) is 0 Å². The fourth-order valence-corrected chi connectivity index (χ4v) is 4.54. The minimum Gasteiger partial charge on any atom is -0.386 e. The number of fused-ring (bicyclic) bond motifs is 1. The van der Waals surface area contributed by atoms with Crippen molar-refractivity contribution < 1.29 is 18.1 Å². The molecule has 1 atom stereocenters. The topological polar surface area (TPSA) is 44.8 Å². The molecule has 0 radical (unpaired) electrons. The molecule has 0 aliphatic carbocycles. The number of hydrogen-bond donors (Lipinski definition) is 0. The Morgan fingerprint density at radius 2 is 1.30 bits per heavy atom. The van der Waals surface area contributed by atoms with Gasteiger partial charge in [-0.2, -0.15) is 4.57 Å². The summed E-state index contributed by atoms with van der Waals surface area (Å²) < 4.78 is 31.5. The van der Waals surface area contributed by atoms with Gasteiger partial charge in [0.05, 0.1) is 0 Å². The molecule has 0 saturated heterocycles. The third-order valence-corrected chi connectivity index (χ3v) is 6.01. The molecule has 0 aliphatic rings. The fourth-order valence-electron chi connectivity index (χ4n) is 3.20. The Kier molecular flexibility index (Phi) is 5.52. The highest BCUT2D eigenvalue weighted by molar-refractivity contribution is 7.49. The van der Waals surface area contributed by atoms with Crippen LogP contribution >= 0.6 is 7.82 Å². The van der Waals surface area contributed by atoms with Crippen LogP contribution in [0.5, 0.6) is 17.2 Å². The second kappa shape index (κ2) is 8.25. The first-order valence-corrected chi connectivity index (χ1v) is 11.2. The molecule has 4 aromatic rings. The number of phosphoric ester groups is 1. The molecule has 1 unspecified atom stereocenters. The van der Waals surface area contributed by atoms with Crippen LogP contribution in [0.25, 0.3) is 10.8 Å². The van der Waals surface area contributed by atoms with Gasteiger partial charge in [-0.15, -0.1) is 0 Å². The highest BCUT2D eigenvalue weighted by Gasteiger charge is 2.34. The van der Waals surface area contributed by atoms with E-state index in [4.69, 9.17) is 13.6 Å². The Morgan fingerprint density at radius 1 is 0.633 bits per heavy atom. The maximum Gasteiger partial charge on any atom is 0.647 e. The summed E-state index contributed by atoms with van der Waals surface area (Å²) in [4.78, 5) is 0. The summed E-state index contributed by atoms with van der Waals surface area (Å²) in [5, 5.41) is 1.81. The molecule has 4 aromatic carbocycles. The summed E-state index contributed by atoms with van der Waals surface area (Å²) in [7, 11) is -4.05. The van der Waals surface area contributed by atoms with E-state index in [1.54, 1.807) is 24.3 Å². The Bertz CT molecular complexity index is 1230. The molecule has 5 heteroatoms. The number of phosphoric acid groups is 1. The smallest absolute Gasteiger partial charge is 0.386 e. The van der Waals surface area contributed by atoms with Crippen LogP contribution in [0.4, 0.5) is 0 Å². The number of aryl methyl sites for hydroxylation is 3. The average molecular weight is 418 g/mol. The van der Waals surface area contributed by atoms with Crippen molar-refractivity contribution in [1.82, 2.24) is 0 Å². The second-order valence-corrected chi connectivity index (χ2v) is 8.72. The van der Waals surface area contributed by atoms with Crippen molar-refractivity contribution in [3.8, 4) is 17.2 Å². The van der Waals surface area contributed by atoms with E-state index in [1.165, 1.54) is 0 Å². The lowest BCUT2D eigenvalue weighted by Crippen LogP contribution is -2.08. The van der Waals surface area contributed by atoms with Crippen LogP contribution in [0, 0.1) is 20.8 Å². The molecule has 0 fully saturated rings. The highest BCUT2D eigenvalue weighted by atomic mass is 31.2. The van der Waals surface area contributed by atoms with E-state index in [1.807, 2.05) is 81.4 Å². The molecule has 0 N–H and O–H groups in total. The van der Waals surface area contributed by atoms with Gasteiger partial charge in [0.15, 0.2) is 0 Å². The molecule has 0 bridgehead atoms. The van der Waals surface area contributed by atoms with Gasteiger partial charge < -0.3 is 13.6 Å². The summed E-state index contributed by atoms with van der Waals surface area (Å²) in [5.74, 6) is 1.30. The maximum atomic E-state index is 13.8. The first-order valence-electron chi connectivity index (χ1n) is 9.72. The Hall–Kier alpha value is -3.23. The minimum atomic E-state index is -4.05. The first kappa shape index (κ1) is 20.1. The van der Waals surface area contributed by atoms with Crippen LogP contribution in [0.15, 0.2) is 84.9 Å². The lowest BCUT2D eigenvalue weighted by atomic mass is 10.1. The zero-order chi connectivity index (χ0) is 21.1. The third kappa shape index (κ3) is 4.50. The van der Waals surface area contributed by atoms with E-state index in [2.05, 4.69) is 0 Å². The second-order valence-electron chi connectivity index (χ2n) is 7.28. The molecular formula is C25H23O4P. The van der Waals surface area contributed by atoms with Gasteiger partial charge in [-0.25, -0.2) is 0 Å². The zero-order valence-corrected chi connectivity index (χ0v) is 18.1. The number of benzene rings is 4. The van der Waals surface area contributed by atoms with E-state index in [0.717, 1.165) is 27.5 Å². The summed E-state index contributed by atoms with van der Waals surface area (Å²) in [5.41, 5.74) is 3.01. The Labute approximate surface area is 176 Å². The summed E-state index contributed by atoms with van der Waals surface area (Å²) in [6.45, 7) is 5.87. The van der Waals surface area contributed by atoms with Crippen LogP contribution in [0.2, 0.25) is 0 Å². The molecule has 0 aromatic heterocycles. The van der Waals surface area contributed by atoms with Gasteiger partial charge in [-0.1, -0.05) is 71.8 Å². The average Bonchev–Trinajstić information content (AvgIpc) is 2.72. The van der Waals surface area contributed by atoms with E-state index in [-0.39, 0.29) is 0 Å². The SMILES string of the molecule is Cc1ccc(OP(=O)(Oc2ccc(C)cc2C)Oc2cccc3ccccc23)cc1. The van der Waals surface area contributed by atoms with Crippen LogP contribution < -0.4 is 13.6 Å². The van der Waals surface area contributed by atoms with Crippen molar-refractivity contribution in [2.45, 2.75) is 20.8 Å². The zero-order valence-electron chi connectivity index (χ0n) is 17.2. The molecule has 30 heavy (non-hydrogen) atoms. The third-order valence-electron chi connectivity index (χ3n) is 4.74. The predicted molar refractivity (Wildman–Crippen MR) is 121 cm³/mol. The predicted octanol–water partition coefficient (Wildman–Crippen LogP) is 7.41. The molecule has 152 valence electrons. The fraction of sp³-hybridized carbons (Fsp3) is 0.120. The van der Waals surface area contributed by atoms with E-state index in [0.29, 0.717) is 17.2 Å². The monoisotopic (exact) mass is 418 g/mol. The van der Waals surface area contributed by atoms with Crippen molar-refractivity contribution >= 4 is 18.6 Å². The molecule has 0 saturated carbocycles. The summed E-state index contributed by atoms with van der Waals surface area (Å²) >= 11 is 0. The molecule has 4 nitrogen and oxygen atoms in total. The molecule has 0 spiro atoms. The van der Waals surface area contributed by atoms with E-state index >= 15 is 0 Å². The Balaban J connectivity index is 1.74. The number of rotatable bonds is 6. The van der Waals surface area contributed by atoms with E-state index < -0.39 is 7.82 Å². The van der Waals surface area contributed by atoms with Crippen molar-refractivity contribution in [3.63, 3.8) is 0 Å². The molecule has 0 aliphatic heterocycles. The highest BCUT2D eigenvalue weighted by Crippen LogP contribution is 2.51. The molecule has 4 rings (SSSR count). The summed E-state index contributed by atoms with van der Waals surface area (Å²) in [6.07, 6.45) is 0. The van der Waals surface area contributed by atoms with Gasteiger partial charge >= 0.3 is 7.82 Å². The standard InChI is InChI=1S/C25H23O4P/c1-18-11-14-22(15-12-18)27-30(26,28-24-16-13-19(2)17-20(24)3)29-25-10-6-8-21-7-4-5-9-23(21)25/h4-17H,1-3H3. The largest absolute Gasteiger partial charge is 0.647 e. The van der Waals surface area contributed by atoms with Crippen molar-refractivity contribution in [2.75, 3.05) is 0 Å². The first-order chi connectivity index (χ1) is 14.4. The van der Waals surface area contributed by atoms with Gasteiger partial charge in [0, 0.05) is 5.39 Å². The van der Waals surface area contributed by atoms with Gasteiger partial charge in [0.2, 0.25) is 0 Å². The van der Waals surface area contributed by atoms with Crippen molar-refractivity contribution in [1.29, 1.82) is 0 Å². The number of hydrogen-bond acceptors (Lipinski definition) is 4. The lowest BCUT2D eigenvalue weighted by molar-refractivity contribution is 0.299. The van der Waals surface area contributed by atoms with Crippen molar-refractivity contribution in [3.05, 3.63) is 102 Å². The van der Waals surface area contributed by atoms with Gasteiger partial charge in [-0.05, 0) is 56.0 Å². The van der Waals surface area contributed by atoms with Crippen LogP contribution in [-0.2, 0) is 4.57 Å². The Morgan fingerprint density at radius 3 is 2.07 bits per heavy atom. The minimum absolute atomic E-state index is 0.411. The molecule has 0 heterocycles. The van der Waals surface area contributed by atoms with Crippen LogP contribution in [-0.4, -0.2) is 0 Å². The van der Waals surface area contributed by atoms with Gasteiger partial charge in [0.25, 0.3) is 0 Å². The van der Waals surface area contributed by atoms with Gasteiger partial charge in [0.1, 0.15) is 17.2 Å². The van der Waals surface area contributed by atoms with Crippen molar-refractivity contribution in [2.24, 2.45) is 0 Å².